The zero-order chi connectivity index (χ0) is 11.4. The molecule has 0 aliphatic rings. The molecule has 0 fully saturated rings. The van der Waals surface area contributed by atoms with Crippen molar-refractivity contribution in [1.82, 2.24) is 5.32 Å². The molecule has 0 amide bonds. The lowest BCUT2D eigenvalue weighted by molar-refractivity contribution is 0.154. The molecule has 0 aliphatic heterocycles. The number of nitrogens with one attached hydrogen (secondary N) is 1. The molecule has 1 atom stereocenters. The van der Waals surface area contributed by atoms with E-state index in [1.54, 1.807) is 0 Å². The number of aliphatic hydroxyl groups excluding tert-OH is 1. The second kappa shape index (κ2) is 5.09. The topological polar surface area (TPSA) is 66.4 Å². The molecular formula is C9H21NO3S. The first-order chi connectivity index (χ1) is 6.16. The minimum absolute atomic E-state index is 0.0733. The number of sulfone groups is 1. The minimum Gasteiger partial charge on any atom is -0.396 e. The molecule has 0 aromatic rings. The number of aliphatic hydroxyl groups is 1. The van der Waals surface area contributed by atoms with Gasteiger partial charge in [-0.2, -0.15) is 0 Å². The van der Waals surface area contributed by atoms with Crippen LogP contribution in [0.3, 0.4) is 0 Å². The summed E-state index contributed by atoms with van der Waals surface area (Å²) in [6.45, 7) is 6.38. The molecule has 0 saturated carbocycles. The van der Waals surface area contributed by atoms with E-state index in [1.165, 1.54) is 6.26 Å². The molecule has 0 saturated heterocycles. The summed E-state index contributed by atoms with van der Waals surface area (Å²) in [6.07, 6.45) is 1.22. The molecule has 1 unspecified atom stereocenters. The highest BCUT2D eigenvalue weighted by Gasteiger charge is 2.18. The first-order valence-corrected chi connectivity index (χ1v) is 6.74. The van der Waals surface area contributed by atoms with E-state index in [2.05, 4.69) is 5.32 Å². The van der Waals surface area contributed by atoms with Crippen LogP contribution in [0.25, 0.3) is 0 Å². The molecular weight excluding hydrogens is 202 g/mol. The fraction of sp³-hybridized carbons (Fsp3) is 1.00. The van der Waals surface area contributed by atoms with Crippen molar-refractivity contribution in [3.63, 3.8) is 0 Å². The van der Waals surface area contributed by atoms with Gasteiger partial charge in [0.1, 0.15) is 9.84 Å². The van der Waals surface area contributed by atoms with E-state index >= 15 is 0 Å². The number of rotatable bonds is 6. The Morgan fingerprint density at radius 1 is 1.43 bits per heavy atom. The summed E-state index contributed by atoms with van der Waals surface area (Å²) in [4.78, 5) is 0. The van der Waals surface area contributed by atoms with Gasteiger partial charge in [-0.05, 0) is 6.92 Å². The summed E-state index contributed by atoms with van der Waals surface area (Å²) in [6, 6.07) is -0.0733. The van der Waals surface area contributed by atoms with Gasteiger partial charge in [0.2, 0.25) is 0 Å². The van der Waals surface area contributed by atoms with Crippen molar-refractivity contribution in [3.8, 4) is 0 Å². The Labute approximate surface area is 86.6 Å². The highest BCUT2D eigenvalue weighted by molar-refractivity contribution is 7.90. The Balaban J connectivity index is 3.92. The van der Waals surface area contributed by atoms with Crippen LogP contribution in [0, 0.1) is 5.41 Å². The molecule has 0 radical (unpaired) electrons. The molecule has 0 bridgehead atoms. The van der Waals surface area contributed by atoms with Gasteiger partial charge >= 0.3 is 0 Å². The number of hydrogen-bond donors (Lipinski definition) is 2. The van der Waals surface area contributed by atoms with Crippen molar-refractivity contribution < 1.29 is 13.5 Å². The van der Waals surface area contributed by atoms with E-state index in [0.717, 1.165) is 0 Å². The average Bonchev–Trinajstić information content (AvgIpc) is 1.98. The molecule has 86 valence electrons. The van der Waals surface area contributed by atoms with Gasteiger partial charge in [0, 0.05) is 30.9 Å². The normalized spacial score (nSPS) is 15.5. The van der Waals surface area contributed by atoms with Crippen molar-refractivity contribution >= 4 is 9.84 Å². The van der Waals surface area contributed by atoms with Gasteiger partial charge in [0.15, 0.2) is 0 Å². The molecule has 0 heterocycles. The molecule has 14 heavy (non-hydrogen) atoms. The summed E-state index contributed by atoms with van der Waals surface area (Å²) in [5.74, 6) is 0.133. The molecule has 0 aliphatic carbocycles. The second-order valence-electron chi connectivity index (χ2n) is 4.70. The van der Waals surface area contributed by atoms with Gasteiger partial charge in [-0.25, -0.2) is 8.42 Å². The largest absolute Gasteiger partial charge is 0.396 e. The summed E-state index contributed by atoms with van der Waals surface area (Å²) in [7, 11) is -2.92. The third-order valence-electron chi connectivity index (χ3n) is 1.91. The molecule has 0 rings (SSSR count). The van der Waals surface area contributed by atoms with E-state index in [4.69, 9.17) is 5.11 Å². The van der Waals surface area contributed by atoms with Crippen LogP contribution in [0.2, 0.25) is 0 Å². The van der Waals surface area contributed by atoms with Crippen molar-refractivity contribution in [2.24, 2.45) is 5.41 Å². The van der Waals surface area contributed by atoms with E-state index < -0.39 is 9.84 Å². The fourth-order valence-corrected chi connectivity index (χ4v) is 2.05. The highest BCUT2D eigenvalue weighted by Crippen LogP contribution is 2.11. The minimum atomic E-state index is -2.92. The van der Waals surface area contributed by atoms with Crippen LogP contribution >= 0.6 is 0 Å². The standard InChI is InChI=1S/C9H21NO3S/c1-8(5-14(4,12)13)10-6-9(2,3)7-11/h8,10-11H,5-7H2,1-4H3. The third kappa shape index (κ3) is 7.29. The maximum Gasteiger partial charge on any atom is 0.148 e. The first kappa shape index (κ1) is 13.9. The maximum absolute atomic E-state index is 10.9. The average molecular weight is 223 g/mol. The van der Waals surface area contributed by atoms with Crippen molar-refractivity contribution in [2.75, 3.05) is 25.2 Å². The lowest BCUT2D eigenvalue weighted by atomic mass is 9.95. The van der Waals surface area contributed by atoms with Gasteiger partial charge in [-0.1, -0.05) is 13.8 Å². The second-order valence-corrected chi connectivity index (χ2v) is 6.88. The summed E-state index contributed by atoms with van der Waals surface area (Å²) in [5, 5.41) is 12.1. The van der Waals surface area contributed by atoms with E-state index in [9.17, 15) is 8.42 Å². The monoisotopic (exact) mass is 223 g/mol. The molecule has 4 nitrogen and oxygen atoms in total. The molecule has 0 aromatic heterocycles. The van der Waals surface area contributed by atoms with Gasteiger partial charge in [-0.15, -0.1) is 0 Å². The first-order valence-electron chi connectivity index (χ1n) is 4.68. The van der Waals surface area contributed by atoms with Crippen LogP contribution in [-0.4, -0.2) is 44.7 Å². The molecule has 5 heteroatoms. The SMILES string of the molecule is CC(CS(C)(=O)=O)NCC(C)(C)CO. The Hall–Kier alpha value is -0.130. The van der Waals surface area contributed by atoms with Crippen LogP contribution in [0.4, 0.5) is 0 Å². The van der Waals surface area contributed by atoms with Crippen LogP contribution < -0.4 is 5.32 Å². The van der Waals surface area contributed by atoms with E-state index in [0.29, 0.717) is 6.54 Å². The fourth-order valence-electron chi connectivity index (χ4n) is 1.02. The zero-order valence-corrected chi connectivity index (χ0v) is 10.2. The Kier molecular flexibility index (Phi) is 5.05. The highest BCUT2D eigenvalue weighted by atomic mass is 32.2. The van der Waals surface area contributed by atoms with Gasteiger partial charge in [-0.3, -0.25) is 0 Å². The Bertz CT molecular complexity index is 259. The van der Waals surface area contributed by atoms with Crippen LogP contribution in [0.1, 0.15) is 20.8 Å². The van der Waals surface area contributed by atoms with Gasteiger partial charge in [0.05, 0.1) is 5.75 Å². The predicted molar refractivity (Wildman–Crippen MR) is 58.0 cm³/mol. The quantitative estimate of drug-likeness (QED) is 0.666. The van der Waals surface area contributed by atoms with Crippen molar-refractivity contribution in [3.05, 3.63) is 0 Å². The molecule has 0 aromatic carbocycles. The molecule has 2 N–H and O–H groups in total. The summed E-state index contributed by atoms with van der Waals surface area (Å²) < 4.78 is 21.9. The Morgan fingerprint density at radius 2 is 1.93 bits per heavy atom. The predicted octanol–water partition coefficient (Wildman–Crippen LogP) is 0.0276. The van der Waals surface area contributed by atoms with Gasteiger partial charge < -0.3 is 10.4 Å². The smallest absolute Gasteiger partial charge is 0.148 e. The zero-order valence-electron chi connectivity index (χ0n) is 9.37. The van der Waals surface area contributed by atoms with E-state index in [1.807, 2.05) is 20.8 Å². The van der Waals surface area contributed by atoms with Crippen LogP contribution in [-0.2, 0) is 9.84 Å². The summed E-state index contributed by atoms with van der Waals surface area (Å²) in [5.41, 5.74) is -0.203. The van der Waals surface area contributed by atoms with Crippen molar-refractivity contribution in [1.29, 1.82) is 0 Å². The lowest BCUT2D eigenvalue weighted by Crippen LogP contribution is -2.40. The van der Waals surface area contributed by atoms with Crippen LogP contribution in [0.5, 0.6) is 0 Å². The third-order valence-corrected chi connectivity index (χ3v) is 3.02. The number of hydrogen-bond acceptors (Lipinski definition) is 4. The molecule has 0 spiro atoms. The van der Waals surface area contributed by atoms with E-state index in [-0.39, 0.29) is 23.8 Å². The Morgan fingerprint density at radius 3 is 2.29 bits per heavy atom. The van der Waals surface area contributed by atoms with Crippen LogP contribution in [0.15, 0.2) is 0 Å². The summed E-state index contributed by atoms with van der Waals surface area (Å²) >= 11 is 0. The van der Waals surface area contributed by atoms with Gasteiger partial charge in [0.25, 0.3) is 0 Å². The maximum atomic E-state index is 10.9. The van der Waals surface area contributed by atoms with Crippen molar-refractivity contribution in [2.45, 2.75) is 26.8 Å². The lowest BCUT2D eigenvalue weighted by Gasteiger charge is -2.24.